The van der Waals surface area contributed by atoms with Crippen LogP contribution < -0.4 is 0 Å². The number of carbonyl (C=O) groups is 1. The molecular weight excluding hydrogens is 192 g/mol. The second-order valence-corrected chi connectivity index (χ2v) is 4.14. The summed E-state index contributed by atoms with van der Waals surface area (Å²) in [6.07, 6.45) is 5.76. The van der Waals surface area contributed by atoms with Gasteiger partial charge in [-0.15, -0.1) is 10.2 Å². The van der Waals surface area contributed by atoms with Gasteiger partial charge in [-0.05, 0) is 18.1 Å². The average molecular weight is 208 g/mol. The van der Waals surface area contributed by atoms with Gasteiger partial charge in [0.25, 0.3) is 0 Å². The summed E-state index contributed by atoms with van der Waals surface area (Å²) < 4.78 is 0. The summed E-state index contributed by atoms with van der Waals surface area (Å²) in [6, 6.07) is 0. The van der Waals surface area contributed by atoms with Gasteiger partial charge in [-0.25, -0.2) is 0 Å². The summed E-state index contributed by atoms with van der Waals surface area (Å²) in [7, 11) is 1.73. The molecule has 0 unspecified atom stereocenters. The van der Waals surface area contributed by atoms with Crippen molar-refractivity contribution in [3.8, 4) is 0 Å². The molecule has 15 heavy (non-hydrogen) atoms. The van der Waals surface area contributed by atoms with Crippen LogP contribution in [0.2, 0.25) is 0 Å². The summed E-state index contributed by atoms with van der Waals surface area (Å²) in [5.41, 5.74) is 0. The number of aryl methyl sites for hydroxylation is 2. The first-order valence-corrected chi connectivity index (χ1v) is 5.51. The smallest absolute Gasteiger partial charge is 0.175 e. The molecule has 0 radical (unpaired) electrons. The number of rotatable bonds is 4. The molecule has 0 aliphatic heterocycles. The fourth-order valence-corrected chi connectivity index (χ4v) is 2.11. The maximum atomic E-state index is 11.7. The first-order valence-electron chi connectivity index (χ1n) is 5.51. The molecule has 1 aliphatic carbocycles. The quantitative estimate of drug-likeness (QED) is 0.737. The van der Waals surface area contributed by atoms with Crippen LogP contribution in [0.5, 0.6) is 0 Å². The molecule has 1 heterocycles. The second kappa shape index (κ2) is 4.51. The number of Topliss-reactive ketones (excluding diaryl/α,β-unsaturated/α-hetero) is 1. The lowest BCUT2D eigenvalue weighted by Crippen LogP contribution is -2.11. The van der Waals surface area contributed by atoms with E-state index in [1.165, 1.54) is 17.6 Å². The highest BCUT2D eigenvalue weighted by atomic mass is 16.1. The average Bonchev–Trinajstić information content (AvgIpc) is 2.84. The number of ketones is 1. The molecule has 1 aromatic rings. The van der Waals surface area contributed by atoms with Gasteiger partial charge in [-0.3, -0.25) is 4.79 Å². The topological polar surface area (TPSA) is 60.7 Å². The highest BCUT2D eigenvalue weighted by Gasteiger charge is 2.22. The van der Waals surface area contributed by atoms with Crippen molar-refractivity contribution in [1.82, 2.24) is 20.2 Å². The highest BCUT2D eigenvalue weighted by Crippen LogP contribution is 2.26. The molecule has 0 amide bonds. The Morgan fingerprint density at radius 1 is 1.47 bits per heavy atom. The molecule has 1 aliphatic rings. The van der Waals surface area contributed by atoms with Gasteiger partial charge < -0.3 is 0 Å². The third kappa shape index (κ3) is 2.61. The van der Waals surface area contributed by atoms with E-state index < -0.39 is 0 Å². The largest absolute Gasteiger partial charge is 0.299 e. The summed E-state index contributed by atoms with van der Waals surface area (Å²) in [6.45, 7) is 0. The number of aromatic nitrogens is 4. The van der Waals surface area contributed by atoms with E-state index in [2.05, 4.69) is 15.4 Å². The number of hydrogen-bond donors (Lipinski definition) is 0. The van der Waals surface area contributed by atoms with Gasteiger partial charge in [0.2, 0.25) is 0 Å². The van der Waals surface area contributed by atoms with Gasteiger partial charge in [-0.2, -0.15) is 4.80 Å². The third-order valence-corrected chi connectivity index (χ3v) is 2.96. The van der Waals surface area contributed by atoms with Gasteiger partial charge in [0.1, 0.15) is 5.78 Å². The molecule has 0 N–H and O–H groups in total. The molecular formula is C10H16N4O. The van der Waals surface area contributed by atoms with Crippen molar-refractivity contribution < 1.29 is 4.79 Å². The van der Waals surface area contributed by atoms with Gasteiger partial charge in [0.05, 0.1) is 7.05 Å². The number of nitrogens with zero attached hydrogens (tertiary/aromatic N) is 4. The minimum Gasteiger partial charge on any atom is -0.299 e. The van der Waals surface area contributed by atoms with E-state index in [0.717, 1.165) is 12.8 Å². The zero-order valence-corrected chi connectivity index (χ0v) is 9.02. The normalized spacial score (nSPS) is 17.1. The van der Waals surface area contributed by atoms with Gasteiger partial charge in [0.15, 0.2) is 5.82 Å². The molecule has 0 aromatic carbocycles. The first-order chi connectivity index (χ1) is 7.25. The SMILES string of the molecule is Cn1nnc(CCC(=O)C2CCCC2)n1. The lowest BCUT2D eigenvalue weighted by atomic mass is 9.99. The highest BCUT2D eigenvalue weighted by molar-refractivity contribution is 5.81. The van der Waals surface area contributed by atoms with E-state index in [9.17, 15) is 4.79 Å². The summed E-state index contributed by atoms with van der Waals surface area (Å²) in [4.78, 5) is 13.2. The number of hydrogen-bond acceptors (Lipinski definition) is 4. The van der Waals surface area contributed by atoms with E-state index >= 15 is 0 Å². The van der Waals surface area contributed by atoms with Crippen molar-refractivity contribution in [3.05, 3.63) is 5.82 Å². The molecule has 1 saturated carbocycles. The molecule has 0 spiro atoms. The molecule has 0 atom stereocenters. The summed E-state index contributed by atoms with van der Waals surface area (Å²) >= 11 is 0. The van der Waals surface area contributed by atoms with Crippen LogP contribution in [0.3, 0.4) is 0 Å². The lowest BCUT2D eigenvalue weighted by Gasteiger charge is -2.05. The number of carbonyl (C=O) groups excluding carboxylic acids is 1. The predicted molar refractivity (Wildman–Crippen MR) is 54.1 cm³/mol. The van der Waals surface area contributed by atoms with Gasteiger partial charge in [-0.1, -0.05) is 12.8 Å². The maximum absolute atomic E-state index is 11.7. The standard InChI is InChI=1S/C10H16N4O/c1-14-12-10(11-13-14)7-6-9(15)8-4-2-3-5-8/h8H,2-7H2,1H3. The van der Waals surface area contributed by atoms with Crippen LogP contribution in [0.1, 0.15) is 37.9 Å². The minimum absolute atomic E-state index is 0.307. The summed E-state index contributed by atoms with van der Waals surface area (Å²) in [5.74, 6) is 1.35. The molecule has 0 bridgehead atoms. The van der Waals surface area contributed by atoms with Crippen LogP contribution >= 0.6 is 0 Å². The van der Waals surface area contributed by atoms with Crippen LogP contribution in [-0.2, 0) is 18.3 Å². The Hall–Kier alpha value is -1.26. The van der Waals surface area contributed by atoms with Crippen molar-refractivity contribution in [2.45, 2.75) is 38.5 Å². The molecule has 5 heteroatoms. The Labute approximate surface area is 88.9 Å². The fraction of sp³-hybridized carbons (Fsp3) is 0.800. The Morgan fingerprint density at radius 2 is 2.20 bits per heavy atom. The molecule has 2 rings (SSSR count). The molecule has 0 saturated heterocycles. The zero-order valence-electron chi connectivity index (χ0n) is 9.02. The monoisotopic (exact) mass is 208 g/mol. The maximum Gasteiger partial charge on any atom is 0.175 e. The van der Waals surface area contributed by atoms with Crippen LogP contribution in [0.25, 0.3) is 0 Å². The fourth-order valence-electron chi connectivity index (χ4n) is 2.11. The summed E-state index contributed by atoms with van der Waals surface area (Å²) in [5, 5.41) is 11.7. The Balaban J connectivity index is 1.80. The van der Waals surface area contributed by atoms with Crippen LogP contribution in [0.15, 0.2) is 0 Å². The van der Waals surface area contributed by atoms with Crippen molar-refractivity contribution in [3.63, 3.8) is 0 Å². The number of tetrazole rings is 1. The van der Waals surface area contributed by atoms with Gasteiger partial charge in [0, 0.05) is 18.8 Å². The zero-order chi connectivity index (χ0) is 10.7. The van der Waals surface area contributed by atoms with E-state index in [4.69, 9.17) is 0 Å². The van der Waals surface area contributed by atoms with E-state index in [0.29, 0.717) is 30.4 Å². The predicted octanol–water partition coefficient (Wildman–Crippen LogP) is 0.902. The van der Waals surface area contributed by atoms with E-state index in [1.54, 1.807) is 7.05 Å². The minimum atomic E-state index is 0.307. The van der Waals surface area contributed by atoms with Gasteiger partial charge >= 0.3 is 0 Å². The molecule has 1 aromatic heterocycles. The van der Waals surface area contributed by atoms with Crippen molar-refractivity contribution in [2.75, 3.05) is 0 Å². The van der Waals surface area contributed by atoms with Crippen LogP contribution in [0, 0.1) is 5.92 Å². The second-order valence-electron chi connectivity index (χ2n) is 4.14. The Kier molecular flexibility index (Phi) is 3.08. The van der Waals surface area contributed by atoms with Crippen LogP contribution in [0.4, 0.5) is 0 Å². The van der Waals surface area contributed by atoms with Crippen molar-refractivity contribution >= 4 is 5.78 Å². The molecule has 5 nitrogen and oxygen atoms in total. The third-order valence-electron chi connectivity index (χ3n) is 2.96. The van der Waals surface area contributed by atoms with Crippen molar-refractivity contribution in [1.29, 1.82) is 0 Å². The van der Waals surface area contributed by atoms with Crippen molar-refractivity contribution in [2.24, 2.45) is 13.0 Å². The molecule has 82 valence electrons. The molecule has 1 fully saturated rings. The Morgan fingerprint density at radius 3 is 2.80 bits per heavy atom. The van der Waals surface area contributed by atoms with Crippen LogP contribution in [-0.4, -0.2) is 26.0 Å². The Bertz CT molecular complexity index is 341. The lowest BCUT2D eigenvalue weighted by molar-refractivity contribution is -0.122. The first kappa shape index (κ1) is 10.3. The van der Waals surface area contributed by atoms with E-state index in [1.807, 2.05) is 0 Å². The van der Waals surface area contributed by atoms with E-state index in [-0.39, 0.29) is 0 Å².